The molecule has 1 aliphatic rings. The number of aryl methyl sites for hydroxylation is 1. The highest BCUT2D eigenvalue weighted by atomic mass is 16.4. The fourth-order valence-corrected chi connectivity index (χ4v) is 5.61. The molecule has 3 rings (SSSR count). The van der Waals surface area contributed by atoms with Gasteiger partial charge in [0.05, 0.1) is 5.56 Å². The third-order valence-electron chi connectivity index (χ3n) is 8.18. The smallest absolute Gasteiger partial charge is 0.335 e. The van der Waals surface area contributed by atoms with Gasteiger partial charge in [-0.1, -0.05) is 116 Å². The summed E-state index contributed by atoms with van der Waals surface area (Å²) in [6.45, 7) is 13.7. The Bertz CT molecular complexity index is 1040. The van der Waals surface area contributed by atoms with Gasteiger partial charge in [0.15, 0.2) is 0 Å². The zero-order chi connectivity index (χ0) is 25.6. The first kappa shape index (κ1) is 27.2. The van der Waals surface area contributed by atoms with Crippen molar-refractivity contribution in [3.8, 4) is 0 Å². The van der Waals surface area contributed by atoms with Crippen molar-refractivity contribution in [2.45, 2.75) is 116 Å². The van der Waals surface area contributed by atoms with Crippen molar-refractivity contribution < 1.29 is 9.90 Å². The number of hydrogen-bond acceptors (Lipinski definition) is 1. The second-order valence-corrected chi connectivity index (χ2v) is 12.0. The maximum absolute atomic E-state index is 11.4. The lowest BCUT2D eigenvalue weighted by atomic mass is 9.62. The molecule has 2 aromatic carbocycles. The van der Waals surface area contributed by atoms with E-state index in [2.05, 4.69) is 65.0 Å². The lowest BCUT2D eigenvalue weighted by Gasteiger charge is -2.42. The van der Waals surface area contributed by atoms with Crippen LogP contribution in [0.3, 0.4) is 0 Å². The Balaban J connectivity index is 1.88. The number of allylic oxidation sites excluding steroid dienone is 1. The summed E-state index contributed by atoms with van der Waals surface area (Å²) in [5, 5.41) is 9.36. The lowest BCUT2D eigenvalue weighted by molar-refractivity contribution is 0.0696. The molecule has 0 saturated carbocycles. The molecule has 0 fully saturated rings. The summed E-state index contributed by atoms with van der Waals surface area (Å²) < 4.78 is 0. The van der Waals surface area contributed by atoms with E-state index in [0.717, 1.165) is 17.5 Å². The minimum atomic E-state index is -0.862. The van der Waals surface area contributed by atoms with Gasteiger partial charge in [0.1, 0.15) is 0 Å². The SMILES string of the molecule is CCCCCCCCC(C=Cc1ccc(C(=O)O)c(C)c1)c1ccc2c(c1)C(C)(C)CCC2(C)C. The van der Waals surface area contributed by atoms with Crippen LogP contribution in [-0.4, -0.2) is 11.1 Å². The van der Waals surface area contributed by atoms with Crippen LogP contribution >= 0.6 is 0 Å². The van der Waals surface area contributed by atoms with Crippen molar-refractivity contribution in [2.24, 2.45) is 0 Å². The number of benzene rings is 2. The van der Waals surface area contributed by atoms with Gasteiger partial charge in [-0.3, -0.25) is 0 Å². The number of carbonyl (C=O) groups is 1. The summed E-state index contributed by atoms with van der Waals surface area (Å²) in [6, 6.07) is 12.9. The van der Waals surface area contributed by atoms with Gasteiger partial charge in [0.2, 0.25) is 0 Å². The summed E-state index contributed by atoms with van der Waals surface area (Å²) in [5.41, 5.74) is 7.15. The molecule has 0 aromatic heterocycles. The normalized spacial score (nSPS) is 17.3. The average Bonchev–Trinajstić information content (AvgIpc) is 2.81. The van der Waals surface area contributed by atoms with Crippen molar-refractivity contribution >= 4 is 12.0 Å². The maximum Gasteiger partial charge on any atom is 0.335 e. The van der Waals surface area contributed by atoms with Crippen molar-refractivity contribution in [3.63, 3.8) is 0 Å². The summed E-state index contributed by atoms with van der Waals surface area (Å²) in [6.07, 6.45) is 16.0. The molecule has 35 heavy (non-hydrogen) atoms. The van der Waals surface area contributed by atoms with Crippen molar-refractivity contribution in [2.75, 3.05) is 0 Å². The quantitative estimate of drug-likeness (QED) is 0.329. The highest BCUT2D eigenvalue weighted by molar-refractivity contribution is 5.89. The van der Waals surface area contributed by atoms with Crippen molar-refractivity contribution in [1.29, 1.82) is 0 Å². The van der Waals surface area contributed by atoms with E-state index in [1.807, 2.05) is 19.1 Å². The second kappa shape index (κ2) is 11.6. The molecule has 0 amide bonds. The van der Waals surface area contributed by atoms with Gasteiger partial charge < -0.3 is 5.11 Å². The van der Waals surface area contributed by atoms with Crippen LogP contribution in [0.4, 0.5) is 0 Å². The molecule has 1 atom stereocenters. The van der Waals surface area contributed by atoms with E-state index in [9.17, 15) is 9.90 Å². The topological polar surface area (TPSA) is 37.3 Å². The van der Waals surface area contributed by atoms with Crippen LogP contribution in [0.15, 0.2) is 42.5 Å². The van der Waals surface area contributed by atoms with Crippen LogP contribution in [0, 0.1) is 6.92 Å². The Labute approximate surface area is 213 Å². The maximum atomic E-state index is 11.4. The molecule has 0 radical (unpaired) electrons. The summed E-state index contributed by atoms with van der Waals surface area (Å²) in [7, 11) is 0. The van der Waals surface area contributed by atoms with Crippen molar-refractivity contribution in [1.82, 2.24) is 0 Å². The van der Waals surface area contributed by atoms with Gasteiger partial charge in [-0.15, -0.1) is 0 Å². The molecule has 0 bridgehead atoms. The van der Waals surface area contributed by atoms with Gasteiger partial charge in [0, 0.05) is 5.92 Å². The molecular formula is C33H46O2. The van der Waals surface area contributed by atoms with E-state index >= 15 is 0 Å². The highest BCUT2D eigenvalue weighted by Gasteiger charge is 2.37. The first-order valence-corrected chi connectivity index (χ1v) is 13.7. The molecule has 190 valence electrons. The van der Waals surface area contributed by atoms with E-state index < -0.39 is 5.97 Å². The van der Waals surface area contributed by atoms with E-state index in [1.54, 1.807) is 6.07 Å². The zero-order valence-corrected chi connectivity index (χ0v) is 22.9. The Morgan fingerprint density at radius 3 is 2.23 bits per heavy atom. The predicted octanol–water partition coefficient (Wildman–Crippen LogP) is 9.59. The highest BCUT2D eigenvalue weighted by Crippen LogP contribution is 2.46. The number of aromatic carboxylic acids is 1. The Kier molecular flexibility index (Phi) is 9.02. The summed E-state index contributed by atoms with van der Waals surface area (Å²) >= 11 is 0. The van der Waals surface area contributed by atoms with Crippen LogP contribution in [0.5, 0.6) is 0 Å². The van der Waals surface area contributed by atoms with Crippen molar-refractivity contribution in [3.05, 3.63) is 75.9 Å². The number of hydrogen-bond donors (Lipinski definition) is 1. The van der Waals surface area contributed by atoms with E-state index in [0.29, 0.717) is 11.5 Å². The van der Waals surface area contributed by atoms with Crippen LogP contribution in [0.25, 0.3) is 6.08 Å². The van der Waals surface area contributed by atoms with Crippen LogP contribution < -0.4 is 0 Å². The summed E-state index contributed by atoms with van der Waals surface area (Å²) in [4.78, 5) is 11.4. The second-order valence-electron chi connectivity index (χ2n) is 12.0. The molecule has 1 N–H and O–H groups in total. The molecule has 1 aliphatic carbocycles. The molecule has 2 heteroatoms. The molecule has 0 heterocycles. The van der Waals surface area contributed by atoms with Crippen LogP contribution in [-0.2, 0) is 10.8 Å². The summed E-state index contributed by atoms with van der Waals surface area (Å²) in [5.74, 6) is -0.495. The molecule has 0 spiro atoms. The number of rotatable bonds is 11. The third-order valence-corrected chi connectivity index (χ3v) is 8.18. The minimum absolute atomic E-state index is 0.207. The van der Waals surface area contributed by atoms with E-state index in [4.69, 9.17) is 0 Å². The van der Waals surface area contributed by atoms with Crippen LogP contribution in [0.2, 0.25) is 0 Å². The molecule has 0 aliphatic heterocycles. The van der Waals surface area contributed by atoms with Gasteiger partial charge >= 0.3 is 5.97 Å². The van der Waals surface area contributed by atoms with Crippen LogP contribution in [0.1, 0.15) is 136 Å². The Hall–Kier alpha value is -2.35. The molecule has 1 unspecified atom stereocenters. The predicted molar refractivity (Wildman–Crippen MR) is 150 cm³/mol. The average molecular weight is 475 g/mol. The molecule has 2 nitrogen and oxygen atoms in total. The Morgan fingerprint density at radius 2 is 1.57 bits per heavy atom. The molecule has 0 saturated heterocycles. The fraction of sp³-hybridized carbons (Fsp3) is 0.545. The van der Waals surface area contributed by atoms with Gasteiger partial charge in [0.25, 0.3) is 0 Å². The lowest BCUT2D eigenvalue weighted by Crippen LogP contribution is -2.34. The zero-order valence-electron chi connectivity index (χ0n) is 22.9. The number of fused-ring (bicyclic) bond motifs is 1. The fourth-order valence-electron chi connectivity index (χ4n) is 5.61. The third kappa shape index (κ3) is 6.87. The van der Waals surface area contributed by atoms with Gasteiger partial charge in [-0.2, -0.15) is 0 Å². The first-order valence-electron chi connectivity index (χ1n) is 13.7. The minimum Gasteiger partial charge on any atom is -0.478 e. The van der Waals surface area contributed by atoms with E-state index in [1.165, 1.54) is 68.1 Å². The molecule has 2 aromatic rings. The van der Waals surface area contributed by atoms with E-state index in [-0.39, 0.29) is 10.8 Å². The number of carboxylic acids is 1. The Morgan fingerprint density at radius 1 is 0.914 bits per heavy atom. The first-order chi connectivity index (χ1) is 16.5. The van der Waals surface area contributed by atoms with Gasteiger partial charge in [-0.05, 0) is 70.9 Å². The molecular weight excluding hydrogens is 428 g/mol. The van der Waals surface area contributed by atoms with Gasteiger partial charge in [-0.25, -0.2) is 4.79 Å². The largest absolute Gasteiger partial charge is 0.478 e. The standard InChI is InChI=1S/C33H46O2/c1-7-8-9-10-11-12-13-26(16-14-25-15-18-28(31(34)35)24(2)22-25)27-17-19-29-30(23-27)33(5,6)21-20-32(29,3)4/h14-19,22-23,26H,7-13,20-21H2,1-6H3,(H,34,35). The number of carboxylic acid groups (broad SMARTS) is 1. The number of unbranched alkanes of at least 4 members (excludes halogenated alkanes) is 5. The monoisotopic (exact) mass is 474 g/mol.